The Balaban J connectivity index is 2.92. The number of benzene rings is 1. The number of hydrogen-bond donors (Lipinski definition) is 1. The number of hydrogen-bond acceptors (Lipinski definition) is 3. The summed E-state index contributed by atoms with van der Waals surface area (Å²) in [6, 6.07) is 7.00. The summed E-state index contributed by atoms with van der Waals surface area (Å²) in [5.41, 5.74) is 2.67. The lowest BCUT2D eigenvalue weighted by Gasteiger charge is -2.10. The Hall–Kier alpha value is -1.72. The van der Waals surface area contributed by atoms with Gasteiger partial charge in [0.15, 0.2) is 7.14 Å². The number of carboxylic acid groups (broad SMARTS) is 1. The van der Waals surface area contributed by atoms with E-state index >= 15 is 0 Å². The number of ether oxygens (including phenoxy) is 1. The maximum Gasteiger partial charge on any atom is 0.304 e. The number of para-hydroxylation sites is 1. The van der Waals surface area contributed by atoms with E-state index in [-0.39, 0.29) is 12.8 Å². The van der Waals surface area contributed by atoms with Gasteiger partial charge in [-0.1, -0.05) is 18.1 Å². The van der Waals surface area contributed by atoms with Gasteiger partial charge in [0.05, 0.1) is 18.8 Å². The summed E-state index contributed by atoms with van der Waals surface area (Å²) in [7, 11) is -1.33. The molecule has 0 heterocycles. The van der Waals surface area contributed by atoms with E-state index in [1.807, 2.05) is 0 Å². The first-order valence-electron chi connectivity index (χ1n) is 5.40. The highest BCUT2D eigenvalue weighted by molar-refractivity contribution is 7.75. The summed E-state index contributed by atoms with van der Waals surface area (Å²) in [4.78, 5) is 10.3. The molecule has 0 fully saturated rings. The van der Waals surface area contributed by atoms with Crippen molar-refractivity contribution >= 4 is 18.4 Å². The molecule has 4 nitrogen and oxygen atoms in total. The molecule has 1 N–H and O–H groups in total. The van der Waals surface area contributed by atoms with E-state index in [2.05, 4.69) is 11.6 Å². The molecule has 18 heavy (non-hydrogen) atoms. The molecule has 0 saturated carbocycles. The Morgan fingerprint density at radius 1 is 1.44 bits per heavy atom. The third kappa shape index (κ3) is 3.94. The van der Waals surface area contributed by atoms with E-state index in [0.29, 0.717) is 11.1 Å². The second-order valence-corrected chi connectivity index (χ2v) is 6.33. The Kier molecular flexibility index (Phi) is 5.00. The predicted molar refractivity (Wildman–Crippen MR) is 70.8 cm³/mol. The molecule has 1 unspecified atom stereocenters. The van der Waals surface area contributed by atoms with Gasteiger partial charge < -0.3 is 14.4 Å². The van der Waals surface area contributed by atoms with Crippen molar-refractivity contribution in [3.05, 3.63) is 24.3 Å². The van der Waals surface area contributed by atoms with Crippen molar-refractivity contribution in [3.63, 3.8) is 0 Å². The predicted octanol–water partition coefficient (Wildman–Crippen LogP) is 2.14. The van der Waals surface area contributed by atoms with Crippen LogP contribution in [-0.4, -0.2) is 24.9 Å². The number of carboxylic acids is 1. The van der Waals surface area contributed by atoms with E-state index in [0.717, 1.165) is 0 Å². The van der Waals surface area contributed by atoms with Gasteiger partial charge in [-0.05, 0) is 17.8 Å². The molecule has 0 aromatic heterocycles. The van der Waals surface area contributed by atoms with Crippen LogP contribution in [0.2, 0.25) is 0 Å². The first-order chi connectivity index (χ1) is 8.47. The Morgan fingerprint density at radius 2 is 2.11 bits per heavy atom. The van der Waals surface area contributed by atoms with Crippen molar-refractivity contribution in [2.24, 2.45) is 0 Å². The average Bonchev–Trinajstić information content (AvgIpc) is 2.34. The summed E-state index contributed by atoms with van der Waals surface area (Å²) in [6.07, 6.45) is 0.154. The summed E-state index contributed by atoms with van der Waals surface area (Å²) >= 11 is 0. The van der Waals surface area contributed by atoms with Crippen molar-refractivity contribution in [2.75, 3.05) is 13.8 Å². The van der Waals surface area contributed by atoms with Gasteiger partial charge in [-0.3, -0.25) is 4.79 Å². The molecule has 0 aliphatic rings. The van der Waals surface area contributed by atoms with Gasteiger partial charge >= 0.3 is 5.97 Å². The second kappa shape index (κ2) is 6.28. The molecule has 0 amide bonds. The minimum absolute atomic E-state index is 0.0427. The average molecular weight is 266 g/mol. The van der Waals surface area contributed by atoms with Crippen molar-refractivity contribution < 1.29 is 19.2 Å². The minimum Gasteiger partial charge on any atom is -0.496 e. The van der Waals surface area contributed by atoms with Gasteiger partial charge in [0.1, 0.15) is 5.75 Å². The molecule has 1 aromatic rings. The topological polar surface area (TPSA) is 63.6 Å². The van der Waals surface area contributed by atoms with Gasteiger partial charge in [0, 0.05) is 13.1 Å². The first-order valence-corrected chi connectivity index (χ1v) is 7.56. The maximum atomic E-state index is 12.4. The highest BCUT2D eigenvalue weighted by Crippen LogP contribution is 2.41. The molecule has 0 radical (unpaired) electrons. The summed E-state index contributed by atoms with van der Waals surface area (Å²) < 4.78 is 17.6. The van der Waals surface area contributed by atoms with Gasteiger partial charge in [0.25, 0.3) is 0 Å². The summed E-state index contributed by atoms with van der Waals surface area (Å²) in [5.74, 6) is 2.29. The lowest BCUT2D eigenvalue weighted by atomic mass is 10.3. The molecule has 1 aromatic carbocycles. The quantitative estimate of drug-likeness (QED) is 0.670. The first kappa shape index (κ1) is 14.3. The number of aliphatic carboxylic acids is 1. The van der Waals surface area contributed by atoms with E-state index in [1.165, 1.54) is 7.11 Å². The molecule has 96 valence electrons. The van der Waals surface area contributed by atoms with Crippen LogP contribution >= 0.6 is 7.14 Å². The Bertz CT molecular complexity index is 539. The molecule has 1 atom stereocenters. The summed E-state index contributed by atoms with van der Waals surface area (Å²) in [5, 5.41) is 9.05. The van der Waals surface area contributed by atoms with Gasteiger partial charge in [0.2, 0.25) is 0 Å². The molecule has 1 rings (SSSR count). The zero-order valence-electron chi connectivity index (χ0n) is 10.3. The number of carbonyl (C=O) groups is 1. The van der Waals surface area contributed by atoms with E-state index in [1.54, 1.807) is 30.9 Å². The van der Waals surface area contributed by atoms with E-state index in [4.69, 9.17) is 9.84 Å². The van der Waals surface area contributed by atoms with Crippen molar-refractivity contribution in [2.45, 2.75) is 12.8 Å². The van der Waals surface area contributed by atoms with E-state index in [9.17, 15) is 9.36 Å². The fraction of sp³-hybridized carbons (Fsp3) is 0.308. The van der Waals surface area contributed by atoms with Crippen LogP contribution in [0.15, 0.2) is 24.3 Å². The fourth-order valence-corrected chi connectivity index (χ4v) is 2.91. The maximum absolute atomic E-state index is 12.4. The highest BCUT2D eigenvalue weighted by Gasteiger charge is 2.19. The van der Waals surface area contributed by atoms with Crippen LogP contribution in [0, 0.1) is 11.6 Å². The summed E-state index contributed by atoms with van der Waals surface area (Å²) in [6.45, 7) is 1.55. The third-order valence-corrected chi connectivity index (χ3v) is 4.17. The van der Waals surface area contributed by atoms with Crippen LogP contribution in [0.5, 0.6) is 5.75 Å². The van der Waals surface area contributed by atoms with Crippen LogP contribution in [0.1, 0.15) is 12.8 Å². The SMILES string of the molecule is COc1ccccc1P(C)(=O)C#CCCC(=O)O. The lowest BCUT2D eigenvalue weighted by molar-refractivity contribution is -0.136. The third-order valence-electron chi connectivity index (χ3n) is 2.30. The van der Waals surface area contributed by atoms with Crippen LogP contribution in [-0.2, 0) is 9.36 Å². The van der Waals surface area contributed by atoms with E-state index < -0.39 is 13.1 Å². The molecular weight excluding hydrogens is 251 g/mol. The van der Waals surface area contributed by atoms with Gasteiger partial charge in [-0.2, -0.15) is 0 Å². The van der Waals surface area contributed by atoms with Gasteiger partial charge in [-0.15, -0.1) is 0 Å². The van der Waals surface area contributed by atoms with Crippen molar-refractivity contribution in [1.29, 1.82) is 0 Å². The molecule has 0 saturated heterocycles. The molecule has 0 bridgehead atoms. The molecule has 0 aliphatic heterocycles. The Morgan fingerprint density at radius 3 is 2.72 bits per heavy atom. The van der Waals surface area contributed by atoms with Gasteiger partial charge in [-0.25, -0.2) is 0 Å². The van der Waals surface area contributed by atoms with Crippen LogP contribution in [0.25, 0.3) is 0 Å². The zero-order valence-corrected chi connectivity index (χ0v) is 11.2. The number of rotatable bonds is 4. The molecule has 5 heteroatoms. The lowest BCUT2D eigenvalue weighted by Crippen LogP contribution is -2.06. The fourth-order valence-electron chi connectivity index (χ4n) is 1.42. The molecular formula is C13H15O4P. The number of methoxy groups -OCH3 is 1. The van der Waals surface area contributed by atoms with Crippen LogP contribution in [0.3, 0.4) is 0 Å². The van der Waals surface area contributed by atoms with Crippen LogP contribution in [0.4, 0.5) is 0 Å². The second-order valence-electron chi connectivity index (χ2n) is 3.78. The molecule has 0 aliphatic carbocycles. The Labute approximate surface area is 106 Å². The van der Waals surface area contributed by atoms with Crippen molar-refractivity contribution in [3.8, 4) is 17.3 Å². The minimum atomic E-state index is -2.84. The van der Waals surface area contributed by atoms with Crippen molar-refractivity contribution in [1.82, 2.24) is 0 Å². The van der Waals surface area contributed by atoms with Crippen LogP contribution < -0.4 is 10.0 Å². The smallest absolute Gasteiger partial charge is 0.304 e. The normalized spacial score (nSPS) is 13.0. The zero-order chi connectivity index (χ0) is 13.6. The largest absolute Gasteiger partial charge is 0.496 e. The monoisotopic (exact) mass is 266 g/mol. The molecule has 0 spiro atoms. The standard InChI is InChI=1S/C13H15O4P/c1-17-11-7-3-4-8-12(11)18(2,16)10-6-5-9-13(14)15/h3-4,7-8H,5,9H2,1-2H3,(H,14,15). The highest BCUT2D eigenvalue weighted by atomic mass is 31.2.